The lowest BCUT2D eigenvalue weighted by atomic mass is 10.0. The predicted octanol–water partition coefficient (Wildman–Crippen LogP) is 4.32. The van der Waals surface area contributed by atoms with Gasteiger partial charge < -0.3 is 0 Å². The molecule has 0 amide bonds. The van der Waals surface area contributed by atoms with Crippen LogP contribution < -0.4 is 0 Å². The highest BCUT2D eigenvalue weighted by molar-refractivity contribution is 9.09. The summed E-state index contributed by atoms with van der Waals surface area (Å²) in [5.74, 6) is -0.896. The Labute approximate surface area is 103 Å². The van der Waals surface area contributed by atoms with Crippen molar-refractivity contribution in [2.45, 2.75) is 31.5 Å². The van der Waals surface area contributed by atoms with Crippen molar-refractivity contribution in [3.8, 4) is 0 Å². The van der Waals surface area contributed by atoms with E-state index < -0.39 is 11.6 Å². The third kappa shape index (κ3) is 2.29. The average molecular weight is 289 g/mol. The average Bonchev–Trinajstić information content (AvgIpc) is 2.83. The van der Waals surface area contributed by atoms with Crippen LogP contribution in [0.2, 0.25) is 0 Å². The molecule has 1 aliphatic rings. The summed E-state index contributed by atoms with van der Waals surface area (Å²) in [7, 11) is 0. The first-order chi connectivity index (χ1) is 7.42. The number of benzene rings is 1. The Kier molecular flexibility index (Phi) is 3.08. The normalized spacial score (nSPS) is 24.2. The van der Waals surface area contributed by atoms with Crippen molar-refractivity contribution < 1.29 is 8.78 Å². The molecule has 0 aliphatic heterocycles. The molecule has 2 atom stereocenters. The maximum absolute atomic E-state index is 13.4. The van der Waals surface area contributed by atoms with Gasteiger partial charge in [-0.05, 0) is 35.8 Å². The summed E-state index contributed by atoms with van der Waals surface area (Å²) in [4.78, 5) is 0.235. The van der Waals surface area contributed by atoms with Crippen molar-refractivity contribution in [2.75, 3.05) is 0 Å². The van der Waals surface area contributed by atoms with Crippen molar-refractivity contribution >= 4 is 15.9 Å². The Bertz CT molecular complexity index is 401. The summed E-state index contributed by atoms with van der Waals surface area (Å²) >= 11 is 3.59. The first-order valence-corrected chi connectivity index (χ1v) is 6.40. The quantitative estimate of drug-likeness (QED) is 0.727. The Morgan fingerprint density at radius 3 is 2.62 bits per heavy atom. The lowest BCUT2D eigenvalue weighted by Crippen LogP contribution is -2.11. The van der Waals surface area contributed by atoms with Gasteiger partial charge in [-0.3, -0.25) is 0 Å². The van der Waals surface area contributed by atoms with Crippen molar-refractivity contribution in [1.29, 1.82) is 0 Å². The maximum atomic E-state index is 13.4. The second kappa shape index (κ2) is 4.10. The van der Waals surface area contributed by atoms with Gasteiger partial charge in [-0.2, -0.15) is 0 Å². The number of rotatable bonds is 3. The molecule has 1 aromatic rings. The van der Waals surface area contributed by atoms with Crippen molar-refractivity contribution in [2.24, 2.45) is 11.3 Å². The molecule has 2 rings (SSSR count). The molecule has 0 spiro atoms. The highest BCUT2D eigenvalue weighted by atomic mass is 79.9. The number of halogens is 3. The molecule has 0 saturated heterocycles. The molecule has 1 saturated carbocycles. The van der Waals surface area contributed by atoms with E-state index in [0.29, 0.717) is 23.3 Å². The van der Waals surface area contributed by atoms with Crippen LogP contribution in [-0.2, 0) is 6.42 Å². The molecule has 2 unspecified atom stereocenters. The zero-order valence-corrected chi connectivity index (χ0v) is 11.0. The van der Waals surface area contributed by atoms with Crippen molar-refractivity contribution in [1.82, 2.24) is 0 Å². The van der Waals surface area contributed by atoms with E-state index in [1.807, 2.05) is 0 Å². The van der Waals surface area contributed by atoms with E-state index in [4.69, 9.17) is 0 Å². The highest BCUT2D eigenvalue weighted by Gasteiger charge is 2.49. The van der Waals surface area contributed by atoms with Gasteiger partial charge in [0.05, 0.1) is 0 Å². The van der Waals surface area contributed by atoms with E-state index in [9.17, 15) is 8.78 Å². The van der Waals surface area contributed by atoms with E-state index in [1.54, 1.807) is 12.1 Å². The zero-order valence-electron chi connectivity index (χ0n) is 9.43. The Hall–Kier alpha value is -0.440. The van der Waals surface area contributed by atoms with Gasteiger partial charge >= 0.3 is 0 Å². The van der Waals surface area contributed by atoms with E-state index >= 15 is 0 Å². The smallest absolute Gasteiger partial charge is 0.162 e. The molecule has 0 bridgehead atoms. The maximum Gasteiger partial charge on any atom is 0.162 e. The molecule has 0 heterocycles. The van der Waals surface area contributed by atoms with Crippen LogP contribution >= 0.6 is 15.9 Å². The molecule has 16 heavy (non-hydrogen) atoms. The van der Waals surface area contributed by atoms with E-state index in [2.05, 4.69) is 29.8 Å². The summed E-state index contributed by atoms with van der Waals surface area (Å²) in [6.45, 7) is 4.40. The van der Waals surface area contributed by atoms with Crippen LogP contribution in [0.15, 0.2) is 18.2 Å². The summed E-state index contributed by atoms with van der Waals surface area (Å²) in [6.07, 6.45) is 1.71. The second-order valence-corrected chi connectivity index (χ2v) is 6.41. The molecule has 1 aromatic carbocycles. The van der Waals surface area contributed by atoms with Gasteiger partial charge in [0, 0.05) is 4.83 Å². The molecule has 1 fully saturated rings. The fourth-order valence-corrected chi connectivity index (χ4v) is 3.44. The second-order valence-electron chi connectivity index (χ2n) is 5.23. The molecule has 1 aliphatic carbocycles. The van der Waals surface area contributed by atoms with Crippen LogP contribution in [0.3, 0.4) is 0 Å². The third-order valence-electron chi connectivity index (χ3n) is 3.47. The number of hydrogen-bond donors (Lipinski definition) is 0. The number of hydrogen-bond acceptors (Lipinski definition) is 0. The van der Waals surface area contributed by atoms with Crippen LogP contribution in [0, 0.1) is 23.0 Å². The van der Waals surface area contributed by atoms with E-state index in [1.165, 1.54) is 0 Å². The minimum Gasteiger partial charge on any atom is -0.204 e. The van der Waals surface area contributed by atoms with Crippen LogP contribution in [0.1, 0.15) is 25.8 Å². The van der Waals surface area contributed by atoms with Gasteiger partial charge in [-0.1, -0.05) is 41.9 Å². The Balaban J connectivity index is 2.07. The molecule has 88 valence electrons. The fourth-order valence-electron chi connectivity index (χ4n) is 2.18. The first kappa shape index (κ1) is 12.0. The SMILES string of the molecule is CC1(C)CC1C(Br)Cc1cccc(F)c1F. The minimum atomic E-state index is -0.757. The monoisotopic (exact) mass is 288 g/mol. The third-order valence-corrected chi connectivity index (χ3v) is 4.43. The lowest BCUT2D eigenvalue weighted by molar-refractivity contribution is 0.491. The zero-order chi connectivity index (χ0) is 11.9. The largest absolute Gasteiger partial charge is 0.204 e. The van der Waals surface area contributed by atoms with E-state index in [0.717, 1.165) is 12.5 Å². The van der Waals surface area contributed by atoms with Crippen molar-refractivity contribution in [3.05, 3.63) is 35.4 Å². The topological polar surface area (TPSA) is 0 Å². The summed E-state index contributed by atoms with van der Waals surface area (Å²) in [6, 6.07) is 4.37. The predicted molar refractivity (Wildman–Crippen MR) is 64.7 cm³/mol. The molecular weight excluding hydrogens is 274 g/mol. The Morgan fingerprint density at radius 2 is 2.06 bits per heavy atom. The van der Waals surface area contributed by atoms with E-state index in [-0.39, 0.29) is 4.83 Å². The minimum absolute atomic E-state index is 0.235. The lowest BCUT2D eigenvalue weighted by Gasteiger charge is -2.12. The molecule has 0 radical (unpaired) electrons. The van der Waals surface area contributed by atoms with Gasteiger partial charge in [-0.25, -0.2) is 8.78 Å². The van der Waals surface area contributed by atoms with Gasteiger partial charge in [0.2, 0.25) is 0 Å². The molecule has 0 nitrogen and oxygen atoms in total. The van der Waals surface area contributed by atoms with Crippen LogP contribution in [0.25, 0.3) is 0 Å². The van der Waals surface area contributed by atoms with Crippen LogP contribution in [0.4, 0.5) is 8.78 Å². The van der Waals surface area contributed by atoms with Gasteiger partial charge in [-0.15, -0.1) is 0 Å². The van der Waals surface area contributed by atoms with Gasteiger partial charge in [0.25, 0.3) is 0 Å². The van der Waals surface area contributed by atoms with Gasteiger partial charge in [0.15, 0.2) is 11.6 Å². The molecular formula is C13H15BrF2. The molecule has 0 N–H and O–H groups in total. The first-order valence-electron chi connectivity index (χ1n) is 5.49. The Morgan fingerprint density at radius 1 is 1.44 bits per heavy atom. The standard InChI is InChI=1S/C13H15BrF2/c1-13(2)7-9(13)10(14)6-8-4-3-5-11(15)12(8)16/h3-5,9-10H,6-7H2,1-2H3. The molecule has 3 heteroatoms. The highest BCUT2D eigenvalue weighted by Crippen LogP contribution is 2.56. The van der Waals surface area contributed by atoms with Crippen LogP contribution in [0.5, 0.6) is 0 Å². The molecule has 0 aromatic heterocycles. The summed E-state index contributed by atoms with van der Waals surface area (Å²) < 4.78 is 26.5. The fraction of sp³-hybridized carbons (Fsp3) is 0.538. The van der Waals surface area contributed by atoms with Crippen molar-refractivity contribution in [3.63, 3.8) is 0 Å². The van der Waals surface area contributed by atoms with Crippen LogP contribution in [-0.4, -0.2) is 4.83 Å². The number of alkyl halides is 1. The summed E-state index contributed by atoms with van der Waals surface area (Å²) in [5, 5.41) is 0. The summed E-state index contributed by atoms with van der Waals surface area (Å²) in [5.41, 5.74) is 0.808. The van der Waals surface area contributed by atoms with Gasteiger partial charge in [0.1, 0.15) is 0 Å².